The molecule has 1 heterocycles. The summed E-state index contributed by atoms with van der Waals surface area (Å²) in [6.07, 6.45) is 2.87. The summed E-state index contributed by atoms with van der Waals surface area (Å²) < 4.78 is 5.78. The zero-order valence-corrected chi connectivity index (χ0v) is 11.0. The van der Waals surface area contributed by atoms with Crippen molar-refractivity contribution in [3.63, 3.8) is 0 Å². The molecule has 1 saturated carbocycles. The van der Waals surface area contributed by atoms with Gasteiger partial charge < -0.3 is 10.1 Å². The molecule has 2 aliphatic rings. The van der Waals surface area contributed by atoms with E-state index in [1.807, 2.05) is 0 Å². The van der Waals surface area contributed by atoms with Crippen molar-refractivity contribution < 1.29 is 4.74 Å². The van der Waals surface area contributed by atoms with E-state index < -0.39 is 0 Å². The lowest BCUT2D eigenvalue weighted by Crippen LogP contribution is -2.52. The van der Waals surface area contributed by atoms with Gasteiger partial charge in [-0.3, -0.25) is 4.90 Å². The first-order valence-electron chi connectivity index (χ1n) is 6.64. The van der Waals surface area contributed by atoms with Gasteiger partial charge in [0.05, 0.1) is 12.2 Å². The van der Waals surface area contributed by atoms with Crippen LogP contribution in [0.25, 0.3) is 0 Å². The van der Waals surface area contributed by atoms with Crippen molar-refractivity contribution in [3.05, 3.63) is 0 Å². The third-order valence-corrected chi connectivity index (χ3v) is 3.42. The first-order valence-corrected chi connectivity index (χ1v) is 6.64. The Morgan fingerprint density at radius 1 is 1.31 bits per heavy atom. The summed E-state index contributed by atoms with van der Waals surface area (Å²) in [5.74, 6) is 0.964. The number of hydrogen-bond donors (Lipinski definition) is 1. The van der Waals surface area contributed by atoms with E-state index in [-0.39, 0.29) is 5.60 Å². The second kappa shape index (κ2) is 5.03. The summed E-state index contributed by atoms with van der Waals surface area (Å²) in [6, 6.07) is 0.753. The highest BCUT2D eigenvalue weighted by Crippen LogP contribution is 2.33. The van der Waals surface area contributed by atoms with Crippen LogP contribution in [0.15, 0.2) is 0 Å². The molecular weight excluding hydrogens is 200 g/mol. The fourth-order valence-corrected chi connectivity index (χ4v) is 2.34. The second-order valence-electron chi connectivity index (χ2n) is 6.16. The van der Waals surface area contributed by atoms with Crippen LogP contribution in [0.1, 0.15) is 33.6 Å². The van der Waals surface area contributed by atoms with Gasteiger partial charge >= 0.3 is 0 Å². The summed E-state index contributed by atoms with van der Waals surface area (Å²) in [7, 11) is 0. The number of nitrogens with zero attached hydrogens (tertiary/aromatic N) is 1. The van der Waals surface area contributed by atoms with Crippen molar-refractivity contribution in [2.75, 3.05) is 32.8 Å². The Morgan fingerprint density at radius 3 is 2.69 bits per heavy atom. The summed E-state index contributed by atoms with van der Waals surface area (Å²) in [6.45, 7) is 11.9. The molecule has 1 saturated heterocycles. The van der Waals surface area contributed by atoms with Crippen LogP contribution >= 0.6 is 0 Å². The maximum atomic E-state index is 5.78. The van der Waals surface area contributed by atoms with Gasteiger partial charge in [-0.15, -0.1) is 0 Å². The molecule has 0 radical (unpaired) electrons. The van der Waals surface area contributed by atoms with Gasteiger partial charge in [0.2, 0.25) is 0 Å². The Labute approximate surface area is 99.5 Å². The van der Waals surface area contributed by atoms with Crippen molar-refractivity contribution in [1.29, 1.82) is 0 Å². The van der Waals surface area contributed by atoms with E-state index >= 15 is 0 Å². The minimum absolute atomic E-state index is 0.00390. The Balaban J connectivity index is 1.65. The molecule has 2 fully saturated rings. The minimum atomic E-state index is 0.00390. The van der Waals surface area contributed by atoms with E-state index in [9.17, 15) is 0 Å². The molecule has 1 unspecified atom stereocenters. The molecule has 0 bridgehead atoms. The van der Waals surface area contributed by atoms with Gasteiger partial charge in [-0.1, -0.05) is 0 Å². The maximum Gasteiger partial charge on any atom is 0.0600 e. The molecule has 94 valence electrons. The summed E-state index contributed by atoms with van der Waals surface area (Å²) in [4.78, 5) is 2.55. The van der Waals surface area contributed by atoms with Gasteiger partial charge in [-0.05, 0) is 39.5 Å². The number of hydrogen-bond acceptors (Lipinski definition) is 3. The molecule has 2 rings (SSSR count). The zero-order valence-electron chi connectivity index (χ0n) is 11.0. The quantitative estimate of drug-likeness (QED) is 0.786. The van der Waals surface area contributed by atoms with Gasteiger partial charge in [0, 0.05) is 32.2 Å². The molecule has 16 heavy (non-hydrogen) atoms. The topological polar surface area (TPSA) is 24.5 Å². The number of piperazine rings is 1. The fraction of sp³-hybridized carbons (Fsp3) is 1.00. The van der Waals surface area contributed by atoms with Crippen molar-refractivity contribution >= 4 is 0 Å². The normalized spacial score (nSPS) is 28.3. The summed E-state index contributed by atoms with van der Waals surface area (Å²) >= 11 is 0. The van der Waals surface area contributed by atoms with Crippen LogP contribution in [0.2, 0.25) is 0 Å². The van der Waals surface area contributed by atoms with Gasteiger partial charge in [0.15, 0.2) is 0 Å². The van der Waals surface area contributed by atoms with Crippen LogP contribution in [-0.2, 0) is 4.74 Å². The largest absolute Gasteiger partial charge is 0.375 e. The lowest BCUT2D eigenvalue weighted by Gasteiger charge is -2.34. The SMILES string of the molecule is CC(C)(C)OCCN1CCNC(C2CC2)C1. The minimum Gasteiger partial charge on any atom is -0.375 e. The van der Waals surface area contributed by atoms with Crippen molar-refractivity contribution in [3.8, 4) is 0 Å². The van der Waals surface area contributed by atoms with E-state index in [4.69, 9.17) is 4.74 Å². The molecule has 3 heteroatoms. The Morgan fingerprint density at radius 2 is 2.06 bits per heavy atom. The molecule has 0 aromatic rings. The van der Waals surface area contributed by atoms with Crippen LogP contribution in [0, 0.1) is 5.92 Å². The Bertz CT molecular complexity index is 220. The van der Waals surface area contributed by atoms with Gasteiger partial charge in [0.1, 0.15) is 0 Å². The lowest BCUT2D eigenvalue weighted by molar-refractivity contribution is -0.0159. The Kier molecular flexibility index (Phi) is 3.88. The smallest absolute Gasteiger partial charge is 0.0600 e. The first-order chi connectivity index (χ1) is 7.54. The number of nitrogens with one attached hydrogen (secondary N) is 1. The van der Waals surface area contributed by atoms with E-state index in [1.54, 1.807) is 0 Å². The van der Waals surface area contributed by atoms with Crippen LogP contribution in [0.4, 0.5) is 0 Å². The summed E-state index contributed by atoms with van der Waals surface area (Å²) in [5.41, 5.74) is 0.00390. The van der Waals surface area contributed by atoms with Gasteiger partial charge in [-0.2, -0.15) is 0 Å². The first kappa shape index (κ1) is 12.3. The number of ether oxygens (including phenoxy) is 1. The van der Waals surface area contributed by atoms with Gasteiger partial charge in [0.25, 0.3) is 0 Å². The van der Waals surface area contributed by atoms with Gasteiger partial charge in [-0.25, -0.2) is 0 Å². The molecule has 0 amide bonds. The second-order valence-corrected chi connectivity index (χ2v) is 6.16. The molecule has 1 atom stereocenters. The molecular formula is C13H26N2O. The highest BCUT2D eigenvalue weighted by Gasteiger charge is 2.33. The van der Waals surface area contributed by atoms with Crippen LogP contribution in [0.3, 0.4) is 0 Å². The highest BCUT2D eigenvalue weighted by atomic mass is 16.5. The standard InChI is InChI=1S/C13H26N2O/c1-13(2,3)16-9-8-15-7-6-14-12(10-15)11-4-5-11/h11-12,14H,4-10H2,1-3H3. The van der Waals surface area contributed by atoms with E-state index in [2.05, 4.69) is 31.0 Å². The lowest BCUT2D eigenvalue weighted by atomic mass is 10.1. The van der Waals surface area contributed by atoms with Crippen LogP contribution in [-0.4, -0.2) is 49.3 Å². The van der Waals surface area contributed by atoms with E-state index in [0.717, 1.165) is 31.7 Å². The molecule has 1 aliphatic heterocycles. The van der Waals surface area contributed by atoms with Crippen molar-refractivity contribution in [2.24, 2.45) is 5.92 Å². The average molecular weight is 226 g/mol. The molecule has 3 nitrogen and oxygen atoms in total. The third kappa shape index (κ3) is 4.04. The third-order valence-electron chi connectivity index (χ3n) is 3.42. The predicted molar refractivity (Wildman–Crippen MR) is 66.7 cm³/mol. The number of rotatable bonds is 4. The van der Waals surface area contributed by atoms with Crippen LogP contribution in [0.5, 0.6) is 0 Å². The predicted octanol–water partition coefficient (Wildman–Crippen LogP) is 1.49. The monoisotopic (exact) mass is 226 g/mol. The average Bonchev–Trinajstić information content (AvgIpc) is 2.99. The highest BCUT2D eigenvalue weighted by molar-refractivity contribution is 4.91. The molecule has 0 spiro atoms. The maximum absolute atomic E-state index is 5.78. The molecule has 1 aliphatic carbocycles. The molecule has 1 N–H and O–H groups in total. The van der Waals surface area contributed by atoms with E-state index in [1.165, 1.54) is 25.9 Å². The molecule has 0 aromatic heterocycles. The van der Waals surface area contributed by atoms with Crippen LogP contribution < -0.4 is 5.32 Å². The Hall–Kier alpha value is -0.120. The van der Waals surface area contributed by atoms with Crippen molar-refractivity contribution in [1.82, 2.24) is 10.2 Å². The molecule has 0 aromatic carbocycles. The zero-order chi connectivity index (χ0) is 11.6. The fourth-order valence-electron chi connectivity index (χ4n) is 2.34. The summed E-state index contributed by atoms with van der Waals surface area (Å²) in [5, 5.41) is 3.64. The van der Waals surface area contributed by atoms with Crippen molar-refractivity contribution in [2.45, 2.75) is 45.3 Å². The van der Waals surface area contributed by atoms with E-state index in [0.29, 0.717) is 0 Å².